The van der Waals surface area contributed by atoms with E-state index in [2.05, 4.69) is 4.90 Å². The van der Waals surface area contributed by atoms with Gasteiger partial charge in [0.15, 0.2) is 0 Å². The number of likely N-dealkylation sites (tertiary alicyclic amines) is 1. The van der Waals surface area contributed by atoms with E-state index in [0.29, 0.717) is 19.6 Å². The lowest BCUT2D eigenvalue weighted by molar-refractivity contribution is -0.142. The molecule has 0 aliphatic carbocycles. The number of nitrogens with zero attached hydrogens (tertiary/aromatic N) is 2. The van der Waals surface area contributed by atoms with E-state index in [9.17, 15) is 9.59 Å². The summed E-state index contributed by atoms with van der Waals surface area (Å²) >= 11 is 0. The molecule has 2 aliphatic rings. The van der Waals surface area contributed by atoms with Gasteiger partial charge in [-0.2, -0.15) is 0 Å². The van der Waals surface area contributed by atoms with Gasteiger partial charge >= 0.3 is 0 Å². The average Bonchev–Trinajstić information content (AvgIpc) is 2.55. The van der Waals surface area contributed by atoms with E-state index in [4.69, 9.17) is 4.74 Å². The van der Waals surface area contributed by atoms with Gasteiger partial charge < -0.3 is 4.74 Å². The molecule has 0 bridgehead atoms. The summed E-state index contributed by atoms with van der Waals surface area (Å²) in [5.74, 6) is -0.0848. The Hall–Kier alpha value is -0.940. The van der Waals surface area contributed by atoms with Gasteiger partial charge in [-0.25, -0.2) is 0 Å². The van der Waals surface area contributed by atoms with Crippen molar-refractivity contribution in [1.29, 1.82) is 0 Å². The average molecular weight is 226 g/mol. The lowest BCUT2D eigenvalue weighted by Crippen LogP contribution is -2.48. The maximum atomic E-state index is 12.1. The third-order valence-electron chi connectivity index (χ3n) is 3.16. The van der Waals surface area contributed by atoms with Crippen molar-refractivity contribution < 1.29 is 14.3 Å². The van der Waals surface area contributed by atoms with Crippen molar-refractivity contribution in [3.8, 4) is 0 Å². The van der Waals surface area contributed by atoms with E-state index in [0.717, 1.165) is 13.1 Å². The molecule has 16 heavy (non-hydrogen) atoms. The fourth-order valence-corrected chi connectivity index (χ4v) is 2.35. The van der Waals surface area contributed by atoms with Crippen LogP contribution in [0.5, 0.6) is 0 Å². The maximum absolute atomic E-state index is 12.1. The van der Waals surface area contributed by atoms with Crippen molar-refractivity contribution in [1.82, 2.24) is 9.80 Å². The lowest BCUT2D eigenvalue weighted by atomic mass is 10.2. The number of rotatable bonds is 2. The fraction of sp³-hybridized carbons (Fsp3) is 0.818. The number of hydrogen-bond donors (Lipinski definition) is 0. The fourth-order valence-electron chi connectivity index (χ4n) is 2.35. The first kappa shape index (κ1) is 11.5. The Morgan fingerprint density at radius 2 is 1.88 bits per heavy atom. The van der Waals surface area contributed by atoms with Crippen LogP contribution in [0.1, 0.15) is 20.3 Å². The smallest absolute Gasteiger partial charge is 0.247 e. The summed E-state index contributed by atoms with van der Waals surface area (Å²) < 4.78 is 5.24. The predicted molar refractivity (Wildman–Crippen MR) is 57.8 cm³/mol. The molecule has 0 spiro atoms. The Morgan fingerprint density at radius 1 is 1.25 bits per heavy atom. The molecule has 0 saturated carbocycles. The van der Waals surface area contributed by atoms with Gasteiger partial charge in [-0.3, -0.25) is 19.4 Å². The summed E-state index contributed by atoms with van der Waals surface area (Å²) in [6.07, 6.45) is 0.330. The molecule has 1 atom stereocenters. The first-order chi connectivity index (χ1) is 7.61. The van der Waals surface area contributed by atoms with Gasteiger partial charge in [-0.15, -0.1) is 0 Å². The van der Waals surface area contributed by atoms with Crippen LogP contribution in [0.15, 0.2) is 0 Å². The number of imide groups is 1. The molecule has 0 aromatic heterocycles. The largest absolute Gasteiger partial charge is 0.379 e. The molecule has 2 saturated heterocycles. The van der Waals surface area contributed by atoms with Crippen LogP contribution in [0.4, 0.5) is 0 Å². The van der Waals surface area contributed by atoms with Crippen molar-refractivity contribution in [2.75, 3.05) is 26.3 Å². The summed E-state index contributed by atoms with van der Waals surface area (Å²) in [5, 5.41) is 0. The molecule has 2 amide bonds. The molecule has 2 rings (SSSR count). The van der Waals surface area contributed by atoms with E-state index in [1.807, 2.05) is 13.8 Å². The highest BCUT2D eigenvalue weighted by molar-refractivity contribution is 6.05. The quantitative estimate of drug-likeness (QED) is 0.615. The molecular weight excluding hydrogens is 208 g/mol. The molecule has 90 valence electrons. The van der Waals surface area contributed by atoms with Crippen molar-refractivity contribution in [3.63, 3.8) is 0 Å². The van der Waals surface area contributed by atoms with Crippen molar-refractivity contribution >= 4 is 11.8 Å². The van der Waals surface area contributed by atoms with Crippen LogP contribution in [0.2, 0.25) is 0 Å². The second-order valence-electron chi connectivity index (χ2n) is 4.56. The molecule has 0 aromatic rings. The maximum Gasteiger partial charge on any atom is 0.247 e. The number of ether oxygens (including phenoxy) is 1. The lowest BCUT2D eigenvalue weighted by Gasteiger charge is -2.30. The topological polar surface area (TPSA) is 49.9 Å². The van der Waals surface area contributed by atoms with Crippen LogP contribution in [0.25, 0.3) is 0 Å². The first-order valence-corrected chi connectivity index (χ1v) is 5.79. The molecule has 0 aromatic carbocycles. The van der Waals surface area contributed by atoms with Gasteiger partial charge in [0.1, 0.15) is 0 Å². The number of carbonyl (C=O) groups excluding carboxylic acids is 2. The molecule has 2 aliphatic heterocycles. The minimum absolute atomic E-state index is 0.0361. The Bertz CT molecular complexity index is 298. The van der Waals surface area contributed by atoms with Crippen LogP contribution >= 0.6 is 0 Å². The highest BCUT2D eigenvalue weighted by Gasteiger charge is 2.43. The number of hydrogen-bond acceptors (Lipinski definition) is 4. The number of carbonyl (C=O) groups is 2. The molecule has 2 fully saturated rings. The van der Waals surface area contributed by atoms with Crippen LogP contribution in [0.3, 0.4) is 0 Å². The standard InChI is InChI=1S/C11H18N2O3/c1-8(2)13-10(14)7-9(11(13)15)12-3-5-16-6-4-12/h8-9H,3-7H2,1-2H3/t9-/m0/s1. The minimum Gasteiger partial charge on any atom is -0.379 e. The van der Waals surface area contributed by atoms with Crippen LogP contribution in [0, 0.1) is 0 Å². The van der Waals surface area contributed by atoms with Gasteiger partial charge in [-0.1, -0.05) is 0 Å². The number of morpholine rings is 1. The van der Waals surface area contributed by atoms with Gasteiger partial charge in [0.25, 0.3) is 0 Å². The third-order valence-corrected chi connectivity index (χ3v) is 3.16. The zero-order valence-corrected chi connectivity index (χ0v) is 9.81. The Kier molecular flexibility index (Phi) is 3.25. The minimum atomic E-state index is -0.251. The molecule has 0 N–H and O–H groups in total. The summed E-state index contributed by atoms with van der Waals surface area (Å²) in [6.45, 7) is 6.54. The molecule has 0 radical (unpaired) electrons. The summed E-state index contributed by atoms with van der Waals surface area (Å²) in [5.41, 5.74) is 0. The Morgan fingerprint density at radius 3 is 2.38 bits per heavy atom. The summed E-state index contributed by atoms with van der Waals surface area (Å²) in [7, 11) is 0. The zero-order chi connectivity index (χ0) is 11.7. The van der Waals surface area contributed by atoms with Crippen molar-refractivity contribution in [2.45, 2.75) is 32.4 Å². The van der Waals surface area contributed by atoms with Crippen LogP contribution < -0.4 is 0 Å². The Balaban J connectivity index is 2.07. The second kappa shape index (κ2) is 4.51. The normalized spacial score (nSPS) is 28.2. The third kappa shape index (κ3) is 1.97. The summed E-state index contributed by atoms with van der Waals surface area (Å²) in [6, 6.07) is -0.287. The van der Waals surface area contributed by atoms with Gasteiger partial charge in [-0.05, 0) is 13.8 Å². The molecule has 2 heterocycles. The van der Waals surface area contributed by atoms with E-state index < -0.39 is 0 Å². The molecular formula is C11H18N2O3. The first-order valence-electron chi connectivity index (χ1n) is 5.79. The van der Waals surface area contributed by atoms with Gasteiger partial charge in [0, 0.05) is 19.1 Å². The predicted octanol–water partition coefficient (Wildman–Crippen LogP) is -0.146. The van der Waals surface area contributed by atoms with Crippen LogP contribution in [-0.2, 0) is 14.3 Å². The summed E-state index contributed by atoms with van der Waals surface area (Å²) in [4.78, 5) is 27.3. The van der Waals surface area contributed by atoms with E-state index >= 15 is 0 Å². The van der Waals surface area contributed by atoms with E-state index in [1.54, 1.807) is 0 Å². The highest BCUT2D eigenvalue weighted by Crippen LogP contribution is 2.21. The molecule has 0 unspecified atom stereocenters. The SMILES string of the molecule is CC(C)N1C(=O)C[C@H](N2CCOCC2)C1=O. The van der Waals surface area contributed by atoms with Crippen LogP contribution in [-0.4, -0.2) is 60.0 Å². The van der Waals surface area contributed by atoms with Gasteiger partial charge in [0.2, 0.25) is 11.8 Å². The second-order valence-corrected chi connectivity index (χ2v) is 4.56. The van der Waals surface area contributed by atoms with Crippen molar-refractivity contribution in [2.24, 2.45) is 0 Å². The van der Waals surface area contributed by atoms with Gasteiger partial charge in [0.05, 0.1) is 25.7 Å². The highest BCUT2D eigenvalue weighted by atomic mass is 16.5. The molecule has 5 nitrogen and oxygen atoms in total. The Labute approximate surface area is 95.3 Å². The number of amides is 2. The monoisotopic (exact) mass is 226 g/mol. The van der Waals surface area contributed by atoms with E-state index in [1.165, 1.54) is 4.90 Å². The zero-order valence-electron chi connectivity index (χ0n) is 9.81. The molecule has 5 heteroatoms. The van der Waals surface area contributed by atoms with Crippen molar-refractivity contribution in [3.05, 3.63) is 0 Å². The van der Waals surface area contributed by atoms with E-state index in [-0.39, 0.29) is 23.9 Å².